The minimum absolute atomic E-state index is 0.0320. The van der Waals surface area contributed by atoms with Gasteiger partial charge in [0.05, 0.1) is 17.1 Å². The maximum Gasteiger partial charge on any atom is 0.341 e. The first kappa shape index (κ1) is 18.4. The summed E-state index contributed by atoms with van der Waals surface area (Å²) in [4.78, 5) is 29.6. The minimum Gasteiger partial charge on any atom is -0.449 e. The van der Waals surface area contributed by atoms with Crippen molar-refractivity contribution in [3.8, 4) is 0 Å². The number of rotatable bonds is 5. The van der Waals surface area contributed by atoms with Crippen LogP contribution in [0.1, 0.15) is 30.6 Å². The highest BCUT2D eigenvalue weighted by Gasteiger charge is 2.36. The topological polar surface area (TPSA) is 96.5 Å². The van der Waals surface area contributed by atoms with Gasteiger partial charge in [-0.05, 0) is 26.3 Å². The quantitative estimate of drug-likeness (QED) is 0.800. The summed E-state index contributed by atoms with van der Waals surface area (Å²) in [6, 6.07) is 6.97. The molecule has 1 N–H and O–H groups in total. The molecule has 0 unspecified atom stereocenters. The second-order valence-corrected chi connectivity index (χ2v) is 8.71. The van der Waals surface area contributed by atoms with Crippen LogP contribution >= 0.6 is 0 Å². The lowest BCUT2D eigenvalue weighted by molar-refractivity contribution is -0.141. The second kappa shape index (κ2) is 7.11. The number of benzene rings is 1. The van der Waals surface area contributed by atoms with Gasteiger partial charge in [0, 0.05) is 29.7 Å². The van der Waals surface area contributed by atoms with Crippen LogP contribution in [0.15, 0.2) is 30.5 Å². The van der Waals surface area contributed by atoms with E-state index in [9.17, 15) is 18.0 Å². The molecule has 1 fully saturated rings. The molecular formula is C18H22N2O5S. The fourth-order valence-corrected chi connectivity index (χ4v) is 5.09. The molecule has 8 heteroatoms. The van der Waals surface area contributed by atoms with Crippen LogP contribution in [0, 0.1) is 0 Å². The maximum absolute atomic E-state index is 12.7. The van der Waals surface area contributed by atoms with Crippen molar-refractivity contribution in [2.75, 3.05) is 18.1 Å². The van der Waals surface area contributed by atoms with Crippen molar-refractivity contribution in [2.45, 2.75) is 32.4 Å². The first-order valence-corrected chi connectivity index (χ1v) is 10.4. The Kier molecular flexibility index (Phi) is 5.04. The van der Waals surface area contributed by atoms with Gasteiger partial charge in [-0.1, -0.05) is 18.2 Å². The average Bonchev–Trinajstić information content (AvgIpc) is 3.18. The Bertz CT molecular complexity index is 934. The Morgan fingerprint density at radius 2 is 2.08 bits per heavy atom. The number of amides is 1. The van der Waals surface area contributed by atoms with Crippen molar-refractivity contribution >= 4 is 32.6 Å². The molecule has 26 heavy (non-hydrogen) atoms. The van der Waals surface area contributed by atoms with Crippen LogP contribution in [-0.2, 0) is 19.4 Å². The number of aromatic amines is 1. The third-order valence-corrected chi connectivity index (χ3v) is 6.46. The molecule has 1 aromatic heterocycles. The fourth-order valence-electron chi connectivity index (χ4n) is 3.36. The molecule has 2 atom stereocenters. The molecule has 1 aliphatic rings. The molecule has 2 heterocycles. The Balaban J connectivity index is 1.71. The standard InChI is InChI=1S/C18H22N2O5S/c1-3-20(13-8-9-26(23,24)11-13)17(21)12(2)25-18(22)15-10-19-16-7-5-4-6-14(15)16/h4-7,10,12-13,19H,3,8-9,11H2,1-2H3/t12-,13+/m0/s1. The summed E-state index contributed by atoms with van der Waals surface area (Å²) in [5.74, 6) is -0.901. The van der Waals surface area contributed by atoms with Gasteiger partial charge in [0.25, 0.3) is 5.91 Å². The van der Waals surface area contributed by atoms with Crippen LogP contribution in [0.25, 0.3) is 10.9 Å². The number of aromatic nitrogens is 1. The van der Waals surface area contributed by atoms with Gasteiger partial charge in [-0.2, -0.15) is 0 Å². The smallest absolute Gasteiger partial charge is 0.341 e. The molecule has 0 aliphatic carbocycles. The number of hydrogen-bond acceptors (Lipinski definition) is 5. The zero-order valence-corrected chi connectivity index (χ0v) is 15.6. The van der Waals surface area contributed by atoms with Crippen molar-refractivity contribution in [3.63, 3.8) is 0 Å². The fraction of sp³-hybridized carbons (Fsp3) is 0.444. The number of nitrogens with zero attached hydrogens (tertiary/aromatic N) is 1. The number of hydrogen-bond donors (Lipinski definition) is 1. The van der Waals surface area contributed by atoms with Crippen LogP contribution in [0.3, 0.4) is 0 Å². The van der Waals surface area contributed by atoms with E-state index in [1.807, 2.05) is 18.2 Å². The molecule has 1 aromatic carbocycles. The van der Waals surface area contributed by atoms with E-state index < -0.39 is 21.9 Å². The van der Waals surface area contributed by atoms with Crippen molar-refractivity contribution in [1.82, 2.24) is 9.88 Å². The normalized spacial score (nSPS) is 20.0. The number of ether oxygens (including phenoxy) is 1. The van der Waals surface area contributed by atoms with E-state index in [-0.39, 0.29) is 23.5 Å². The number of likely N-dealkylation sites (N-methyl/N-ethyl adjacent to an activating group) is 1. The number of H-pyrrole nitrogens is 1. The number of carbonyl (C=O) groups is 2. The summed E-state index contributed by atoms with van der Waals surface area (Å²) in [5.41, 5.74) is 1.18. The molecule has 2 aromatic rings. The highest BCUT2D eigenvalue weighted by atomic mass is 32.2. The molecule has 0 bridgehead atoms. The minimum atomic E-state index is -3.10. The molecule has 1 aliphatic heterocycles. The summed E-state index contributed by atoms with van der Waals surface area (Å²) in [7, 11) is -3.10. The second-order valence-electron chi connectivity index (χ2n) is 6.48. The number of sulfone groups is 1. The molecule has 0 radical (unpaired) electrons. The van der Waals surface area contributed by atoms with Crippen LogP contribution in [0.5, 0.6) is 0 Å². The number of esters is 1. The molecule has 1 amide bonds. The molecule has 0 spiro atoms. The largest absolute Gasteiger partial charge is 0.449 e. The van der Waals surface area contributed by atoms with E-state index in [4.69, 9.17) is 4.74 Å². The van der Waals surface area contributed by atoms with Crippen molar-refractivity contribution in [3.05, 3.63) is 36.0 Å². The zero-order chi connectivity index (χ0) is 18.9. The molecule has 7 nitrogen and oxygen atoms in total. The van der Waals surface area contributed by atoms with Crippen LogP contribution in [0.4, 0.5) is 0 Å². The molecular weight excluding hydrogens is 356 g/mol. The average molecular weight is 378 g/mol. The lowest BCUT2D eigenvalue weighted by Gasteiger charge is -2.29. The number of fused-ring (bicyclic) bond motifs is 1. The maximum atomic E-state index is 12.7. The molecule has 140 valence electrons. The molecule has 0 saturated carbocycles. The Morgan fingerprint density at radius 1 is 1.35 bits per heavy atom. The summed E-state index contributed by atoms with van der Waals surface area (Å²) in [6.45, 7) is 3.67. The van der Waals surface area contributed by atoms with Gasteiger partial charge in [0.2, 0.25) is 0 Å². The number of para-hydroxylation sites is 1. The van der Waals surface area contributed by atoms with Gasteiger partial charge >= 0.3 is 5.97 Å². The zero-order valence-electron chi connectivity index (χ0n) is 14.8. The summed E-state index contributed by atoms with van der Waals surface area (Å²) < 4.78 is 28.7. The molecule has 3 rings (SSSR count). The van der Waals surface area contributed by atoms with Crippen molar-refractivity contribution < 1.29 is 22.7 Å². The van der Waals surface area contributed by atoms with Crippen LogP contribution < -0.4 is 0 Å². The van der Waals surface area contributed by atoms with Crippen molar-refractivity contribution in [2.24, 2.45) is 0 Å². The predicted octanol–water partition coefficient (Wildman–Crippen LogP) is 1.75. The Hall–Kier alpha value is -2.35. The number of carbonyl (C=O) groups excluding carboxylic acids is 2. The Morgan fingerprint density at radius 3 is 2.73 bits per heavy atom. The van der Waals surface area contributed by atoms with E-state index in [0.717, 1.165) is 10.9 Å². The van der Waals surface area contributed by atoms with E-state index in [1.54, 1.807) is 19.2 Å². The van der Waals surface area contributed by atoms with E-state index in [1.165, 1.54) is 11.8 Å². The first-order valence-electron chi connectivity index (χ1n) is 8.60. The predicted molar refractivity (Wildman–Crippen MR) is 97.6 cm³/mol. The highest BCUT2D eigenvalue weighted by Crippen LogP contribution is 2.21. The van der Waals surface area contributed by atoms with E-state index in [2.05, 4.69) is 4.98 Å². The Labute approximate surface area is 152 Å². The summed E-state index contributed by atoms with van der Waals surface area (Å²) >= 11 is 0. The SMILES string of the molecule is CCN(C(=O)[C@H](C)OC(=O)c1c[nH]c2ccccc12)[C@@H]1CCS(=O)(=O)C1. The summed E-state index contributed by atoms with van der Waals surface area (Å²) in [5, 5.41) is 0.728. The lowest BCUT2D eigenvalue weighted by Crippen LogP contribution is -2.46. The van der Waals surface area contributed by atoms with Crippen molar-refractivity contribution in [1.29, 1.82) is 0 Å². The summed E-state index contributed by atoms with van der Waals surface area (Å²) in [6.07, 6.45) is 0.996. The lowest BCUT2D eigenvalue weighted by atomic mass is 10.1. The van der Waals surface area contributed by atoms with Gasteiger partial charge in [-0.3, -0.25) is 4.79 Å². The van der Waals surface area contributed by atoms with Gasteiger partial charge < -0.3 is 14.6 Å². The molecule has 1 saturated heterocycles. The first-order chi connectivity index (χ1) is 12.3. The van der Waals surface area contributed by atoms with Gasteiger partial charge in [-0.25, -0.2) is 13.2 Å². The van der Waals surface area contributed by atoms with E-state index >= 15 is 0 Å². The van der Waals surface area contributed by atoms with Gasteiger partial charge in [0.1, 0.15) is 0 Å². The van der Waals surface area contributed by atoms with Crippen LogP contribution in [-0.4, -0.2) is 60.4 Å². The third-order valence-electron chi connectivity index (χ3n) is 4.71. The van der Waals surface area contributed by atoms with Gasteiger partial charge in [0.15, 0.2) is 15.9 Å². The van der Waals surface area contributed by atoms with Crippen LogP contribution in [0.2, 0.25) is 0 Å². The number of nitrogens with one attached hydrogen (secondary N) is 1. The van der Waals surface area contributed by atoms with Gasteiger partial charge in [-0.15, -0.1) is 0 Å². The monoisotopic (exact) mass is 378 g/mol. The third kappa shape index (κ3) is 3.60. The van der Waals surface area contributed by atoms with E-state index in [0.29, 0.717) is 18.5 Å². The highest BCUT2D eigenvalue weighted by molar-refractivity contribution is 7.91.